The van der Waals surface area contributed by atoms with Gasteiger partial charge >= 0.3 is 5.97 Å². The second kappa shape index (κ2) is 24.7. The molecule has 0 aliphatic carbocycles. The van der Waals surface area contributed by atoms with Gasteiger partial charge in [-0.15, -0.1) is 17.0 Å². The van der Waals surface area contributed by atoms with Gasteiger partial charge in [0.25, 0.3) is 0 Å². The van der Waals surface area contributed by atoms with E-state index in [0.717, 1.165) is 24.8 Å². The molecular formula is C22H46BrNO2. The minimum Gasteiger partial charge on any atom is -0.478 e. The lowest BCUT2D eigenvalue weighted by atomic mass is 9.99. The number of carboxylic acid groups (broad SMARTS) is 1. The van der Waals surface area contributed by atoms with Gasteiger partial charge in [0.05, 0.1) is 0 Å². The maximum absolute atomic E-state index is 11.0. The summed E-state index contributed by atoms with van der Waals surface area (Å²) in [5, 5.41) is 11.8. The molecule has 0 aromatic rings. The highest BCUT2D eigenvalue weighted by atomic mass is 79.9. The van der Waals surface area contributed by atoms with Crippen LogP contribution < -0.4 is 5.32 Å². The van der Waals surface area contributed by atoms with Crippen LogP contribution in [0.15, 0.2) is 11.1 Å². The molecule has 0 rings (SSSR count). The van der Waals surface area contributed by atoms with Crippen LogP contribution in [0.2, 0.25) is 0 Å². The molecule has 0 bridgehead atoms. The lowest BCUT2D eigenvalue weighted by Gasteiger charge is -2.07. The Balaban J connectivity index is -0.00000123. The molecule has 0 saturated carbocycles. The van der Waals surface area contributed by atoms with E-state index in [0.29, 0.717) is 5.57 Å². The molecule has 4 heteroatoms. The zero-order valence-electron chi connectivity index (χ0n) is 18.2. The maximum atomic E-state index is 11.0. The number of rotatable bonds is 15. The third-order valence-electron chi connectivity index (χ3n) is 4.61. The molecule has 0 aliphatic heterocycles. The van der Waals surface area contributed by atoms with E-state index in [9.17, 15) is 4.79 Å². The molecule has 26 heavy (non-hydrogen) atoms. The first-order valence-corrected chi connectivity index (χ1v) is 10.5. The van der Waals surface area contributed by atoms with Crippen molar-refractivity contribution in [2.75, 3.05) is 14.1 Å². The van der Waals surface area contributed by atoms with E-state index in [-0.39, 0.29) is 17.0 Å². The van der Waals surface area contributed by atoms with E-state index in [1.54, 1.807) is 6.92 Å². The van der Waals surface area contributed by atoms with E-state index in [4.69, 9.17) is 5.11 Å². The number of aliphatic carboxylic acids is 1. The van der Waals surface area contributed by atoms with Gasteiger partial charge in [-0.1, -0.05) is 90.0 Å². The highest BCUT2D eigenvalue weighted by molar-refractivity contribution is 8.93. The number of hydrogen-bond acceptors (Lipinski definition) is 2. The molecule has 0 aromatic heterocycles. The molecule has 0 aromatic carbocycles. The van der Waals surface area contributed by atoms with Crippen molar-refractivity contribution in [3.8, 4) is 0 Å². The Morgan fingerprint density at radius 2 is 1.12 bits per heavy atom. The largest absolute Gasteiger partial charge is 0.478 e. The quantitative estimate of drug-likeness (QED) is 0.209. The Bertz CT molecular complexity index is 330. The number of unbranched alkanes of at least 4 members (excludes halogenated alkanes) is 11. The van der Waals surface area contributed by atoms with Crippen molar-refractivity contribution in [3.63, 3.8) is 0 Å². The van der Waals surface area contributed by atoms with Crippen molar-refractivity contribution in [1.82, 2.24) is 5.32 Å². The third-order valence-corrected chi connectivity index (χ3v) is 4.61. The Morgan fingerprint density at radius 3 is 1.42 bits per heavy atom. The summed E-state index contributed by atoms with van der Waals surface area (Å²) in [4.78, 5) is 11.0. The van der Waals surface area contributed by atoms with E-state index >= 15 is 0 Å². The van der Waals surface area contributed by atoms with Crippen LogP contribution in [0, 0.1) is 0 Å². The number of nitrogens with one attached hydrogen (secondary N) is 1. The summed E-state index contributed by atoms with van der Waals surface area (Å²) in [6, 6.07) is 0. The van der Waals surface area contributed by atoms with Crippen LogP contribution >= 0.6 is 17.0 Å². The lowest BCUT2D eigenvalue weighted by Crippen LogP contribution is -2.01. The predicted molar refractivity (Wildman–Crippen MR) is 122 cm³/mol. The Hall–Kier alpha value is -0.350. The van der Waals surface area contributed by atoms with Gasteiger partial charge in [0, 0.05) is 5.57 Å². The van der Waals surface area contributed by atoms with E-state index in [2.05, 4.69) is 19.2 Å². The zero-order valence-corrected chi connectivity index (χ0v) is 19.9. The summed E-state index contributed by atoms with van der Waals surface area (Å²) in [6.07, 6.45) is 18.0. The van der Waals surface area contributed by atoms with Crippen molar-refractivity contribution in [2.45, 2.75) is 111 Å². The normalized spacial score (nSPS) is 11.1. The molecule has 0 amide bonds. The van der Waals surface area contributed by atoms with Gasteiger partial charge in [0.2, 0.25) is 0 Å². The van der Waals surface area contributed by atoms with Crippen molar-refractivity contribution in [1.29, 1.82) is 0 Å². The van der Waals surface area contributed by atoms with Crippen LogP contribution in [-0.4, -0.2) is 25.2 Å². The first-order chi connectivity index (χ1) is 12.0. The number of hydrogen-bond donors (Lipinski definition) is 2. The minimum absolute atomic E-state index is 0. The van der Waals surface area contributed by atoms with Gasteiger partial charge in [-0.2, -0.15) is 0 Å². The van der Waals surface area contributed by atoms with Crippen molar-refractivity contribution >= 4 is 23.0 Å². The second-order valence-electron chi connectivity index (χ2n) is 7.03. The summed E-state index contributed by atoms with van der Waals surface area (Å²) in [7, 11) is 3.75. The average molecular weight is 437 g/mol. The summed E-state index contributed by atoms with van der Waals surface area (Å²) < 4.78 is 0. The highest BCUT2D eigenvalue weighted by Crippen LogP contribution is 2.18. The van der Waals surface area contributed by atoms with Gasteiger partial charge in [0.15, 0.2) is 0 Å². The fraction of sp³-hybridized carbons (Fsp3) is 0.864. The fourth-order valence-electron chi connectivity index (χ4n) is 2.96. The van der Waals surface area contributed by atoms with Crippen LogP contribution in [0.3, 0.4) is 0 Å². The standard InChI is InChI=1S/C20H38O2.C2H7N.BrH/c1-4-6-7-8-9-10-11-12-13-14-15-16-17-19(5-2)18(3)20(21)22;1-3-2;/h4-17H2,1-3H3,(H,21,22);3H,1-2H3;1H. The molecule has 3 nitrogen and oxygen atoms in total. The third kappa shape index (κ3) is 21.7. The minimum atomic E-state index is -0.754. The Kier molecular flexibility index (Phi) is 28.8. The summed E-state index contributed by atoms with van der Waals surface area (Å²) in [5.74, 6) is -0.754. The molecule has 0 fully saturated rings. The molecule has 0 atom stereocenters. The molecular weight excluding hydrogens is 390 g/mol. The fourth-order valence-corrected chi connectivity index (χ4v) is 2.96. The van der Waals surface area contributed by atoms with Crippen LogP contribution in [0.25, 0.3) is 0 Å². The lowest BCUT2D eigenvalue weighted by molar-refractivity contribution is -0.132. The Morgan fingerprint density at radius 1 is 0.769 bits per heavy atom. The number of carbonyl (C=O) groups is 1. The van der Waals surface area contributed by atoms with Gasteiger partial charge in [0.1, 0.15) is 0 Å². The van der Waals surface area contributed by atoms with Crippen LogP contribution in [0.5, 0.6) is 0 Å². The number of halogens is 1. The van der Waals surface area contributed by atoms with Gasteiger partial charge in [-0.3, -0.25) is 0 Å². The number of allylic oxidation sites excluding steroid dienone is 1. The monoisotopic (exact) mass is 435 g/mol. The molecule has 0 unspecified atom stereocenters. The van der Waals surface area contributed by atoms with Crippen LogP contribution in [0.1, 0.15) is 111 Å². The van der Waals surface area contributed by atoms with Crippen molar-refractivity contribution in [3.05, 3.63) is 11.1 Å². The van der Waals surface area contributed by atoms with Crippen molar-refractivity contribution in [2.24, 2.45) is 0 Å². The molecule has 0 spiro atoms. The SMILES string of the molecule is Br.CCCCCCCCCCCCCCC(CC)=C(C)C(=O)O.CNC. The number of carboxylic acids is 1. The molecule has 0 heterocycles. The highest BCUT2D eigenvalue weighted by Gasteiger charge is 2.07. The van der Waals surface area contributed by atoms with Gasteiger partial charge in [-0.25, -0.2) is 4.79 Å². The molecule has 0 saturated heterocycles. The van der Waals surface area contributed by atoms with Gasteiger partial charge < -0.3 is 10.4 Å². The summed E-state index contributed by atoms with van der Waals surface area (Å²) in [5.41, 5.74) is 1.69. The maximum Gasteiger partial charge on any atom is 0.331 e. The topological polar surface area (TPSA) is 49.3 Å². The molecule has 0 aliphatic rings. The van der Waals surface area contributed by atoms with Crippen LogP contribution in [0.4, 0.5) is 0 Å². The van der Waals surface area contributed by atoms with Crippen LogP contribution in [-0.2, 0) is 4.79 Å². The zero-order chi connectivity index (χ0) is 19.3. The van der Waals surface area contributed by atoms with Gasteiger partial charge in [-0.05, 0) is 40.3 Å². The summed E-state index contributed by atoms with van der Waals surface area (Å²) >= 11 is 0. The summed E-state index contributed by atoms with van der Waals surface area (Å²) in [6.45, 7) is 6.06. The van der Waals surface area contributed by atoms with E-state index < -0.39 is 5.97 Å². The first kappa shape index (κ1) is 30.4. The molecule has 158 valence electrons. The predicted octanol–water partition coefficient (Wildman–Crippen LogP) is 7.30. The van der Waals surface area contributed by atoms with E-state index in [1.807, 2.05) is 14.1 Å². The molecule has 0 radical (unpaired) electrons. The van der Waals surface area contributed by atoms with Crippen molar-refractivity contribution < 1.29 is 9.90 Å². The Labute approximate surface area is 174 Å². The molecule has 2 N–H and O–H groups in total. The smallest absolute Gasteiger partial charge is 0.331 e. The average Bonchev–Trinajstić information content (AvgIpc) is 2.59. The first-order valence-electron chi connectivity index (χ1n) is 10.5. The van der Waals surface area contributed by atoms with E-state index in [1.165, 1.54) is 70.6 Å². The second-order valence-corrected chi connectivity index (χ2v) is 7.03.